The molecule has 0 aliphatic heterocycles. The molecular weight excluding hydrogens is 318 g/mol. The van der Waals surface area contributed by atoms with E-state index in [-0.39, 0.29) is 5.91 Å². The van der Waals surface area contributed by atoms with Crippen molar-refractivity contribution in [1.29, 1.82) is 0 Å². The number of anilines is 1. The summed E-state index contributed by atoms with van der Waals surface area (Å²) in [5.74, 6) is 0.754. The van der Waals surface area contributed by atoms with Crippen molar-refractivity contribution in [3.05, 3.63) is 59.7 Å². The molecular formula is C20H25NO2S. The van der Waals surface area contributed by atoms with E-state index >= 15 is 0 Å². The summed E-state index contributed by atoms with van der Waals surface area (Å²) in [6, 6.07) is 15.8. The van der Waals surface area contributed by atoms with Crippen molar-refractivity contribution in [3.63, 3.8) is 0 Å². The van der Waals surface area contributed by atoms with Gasteiger partial charge in [-0.3, -0.25) is 4.79 Å². The first-order valence-electron chi connectivity index (χ1n) is 8.35. The molecule has 0 atom stereocenters. The second kappa shape index (κ2) is 10.2. The minimum atomic E-state index is -0.0724. The van der Waals surface area contributed by atoms with Crippen LogP contribution in [0.2, 0.25) is 0 Å². The van der Waals surface area contributed by atoms with Gasteiger partial charge in [0.2, 0.25) is 0 Å². The van der Waals surface area contributed by atoms with Crippen LogP contribution in [-0.4, -0.2) is 25.4 Å². The van der Waals surface area contributed by atoms with Gasteiger partial charge in [-0.15, -0.1) is 11.8 Å². The molecule has 24 heavy (non-hydrogen) atoms. The number of unbranched alkanes of at least 4 members (excludes halogenated alkanes) is 1. The highest BCUT2D eigenvalue weighted by atomic mass is 32.2. The fraction of sp³-hybridized carbons (Fsp3) is 0.350. The van der Waals surface area contributed by atoms with Gasteiger partial charge in [0.25, 0.3) is 5.91 Å². The summed E-state index contributed by atoms with van der Waals surface area (Å²) < 4.78 is 5.08. The Hall–Kier alpha value is -1.78. The van der Waals surface area contributed by atoms with Crippen LogP contribution in [0, 0.1) is 0 Å². The number of ether oxygens (including phenoxy) is 1. The lowest BCUT2D eigenvalue weighted by atomic mass is 10.1. The smallest absolute Gasteiger partial charge is 0.256 e. The van der Waals surface area contributed by atoms with Gasteiger partial charge in [-0.1, -0.05) is 37.6 Å². The normalized spacial score (nSPS) is 10.6. The molecule has 0 aromatic heterocycles. The molecule has 0 spiro atoms. The maximum absolute atomic E-state index is 12.6. The highest BCUT2D eigenvalue weighted by Gasteiger charge is 2.11. The lowest BCUT2D eigenvalue weighted by Crippen LogP contribution is -2.13. The molecule has 0 aliphatic carbocycles. The van der Waals surface area contributed by atoms with Gasteiger partial charge in [-0.25, -0.2) is 0 Å². The first-order valence-corrected chi connectivity index (χ1v) is 9.34. The summed E-state index contributed by atoms with van der Waals surface area (Å²) in [6.45, 7) is 2.86. The number of benzene rings is 2. The van der Waals surface area contributed by atoms with E-state index in [1.165, 1.54) is 18.4 Å². The Kier molecular flexibility index (Phi) is 7.86. The van der Waals surface area contributed by atoms with Crippen molar-refractivity contribution in [1.82, 2.24) is 0 Å². The fourth-order valence-corrected chi connectivity index (χ4v) is 3.31. The van der Waals surface area contributed by atoms with Crippen LogP contribution in [0.15, 0.2) is 53.4 Å². The second-order valence-corrected chi connectivity index (χ2v) is 6.73. The maximum atomic E-state index is 12.6. The minimum absolute atomic E-state index is 0.0724. The van der Waals surface area contributed by atoms with Crippen LogP contribution in [0.5, 0.6) is 0 Å². The first kappa shape index (κ1) is 18.6. The minimum Gasteiger partial charge on any atom is -0.384 e. The zero-order valence-corrected chi connectivity index (χ0v) is 15.2. The van der Waals surface area contributed by atoms with Gasteiger partial charge in [-0.05, 0) is 42.7 Å². The van der Waals surface area contributed by atoms with Crippen molar-refractivity contribution in [2.75, 3.05) is 24.8 Å². The standard InChI is InChI=1S/C20H25NO2S/c1-3-4-7-16-10-12-17(13-11-16)21-20(22)18-8-5-6-9-19(18)24-15-14-23-2/h5-6,8-13H,3-4,7,14-15H2,1-2H3,(H,21,22). The Labute approximate surface area is 148 Å². The van der Waals surface area contributed by atoms with Crippen molar-refractivity contribution < 1.29 is 9.53 Å². The maximum Gasteiger partial charge on any atom is 0.256 e. The summed E-state index contributed by atoms with van der Waals surface area (Å²) in [5, 5.41) is 2.99. The van der Waals surface area contributed by atoms with Gasteiger partial charge in [-0.2, -0.15) is 0 Å². The largest absolute Gasteiger partial charge is 0.384 e. The molecule has 3 nitrogen and oxygen atoms in total. The number of hydrogen-bond donors (Lipinski definition) is 1. The summed E-state index contributed by atoms with van der Waals surface area (Å²) >= 11 is 1.64. The van der Waals surface area contributed by atoms with Crippen LogP contribution in [0.3, 0.4) is 0 Å². The van der Waals surface area contributed by atoms with E-state index in [4.69, 9.17) is 4.74 Å². The monoisotopic (exact) mass is 343 g/mol. The summed E-state index contributed by atoms with van der Waals surface area (Å²) in [6.07, 6.45) is 3.47. The van der Waals surface area contributed by atoms with Crippen molar-refractivity contribution in [2.24, 2.45) is 0 Å². The van der Waals surface area contributed by atoms with E-state index in [0.717, 1.165) is 22.8 Å². The number of amides is 1. The Morgan fingerprint density at radius 3 is 2.58 bits per heavy atom. The number of carbonyl (C=O) groups is 1. The lowest BCUT2D eigenvalue weighted by Gasteiger charge is -2.10. The van der Waals surface area contributed by atoms with E-state index in [0.29, 0.717) is 12.2 Å². The van der Waals surface area contributed by atoms with Crippen LogP contribution < -0.4 is 5.32 Å². The number of methoxy groups -OCH3 is 1. The van der Waals surface area contributed by atoms with Gasteiger partial charge in [0.15, 0.2) is 0 Å². The molecule has 0 saturated heterocycles. The molecule has 4 heteroatoms. The number of thioether (sulfide) groups is 1. The summed E-state index contributed by atoms with van der Waals surface area (Å²) in [5.41, 5.74) is 2.84. The van der Waals surface area contributed by atoms with E-state index in [2.05, 4.69) is 24.4 Å². The van der Waals surface area contributed by atoms with Crippen LogP contribution in [0.4, 0.5) is 5.69 Å². The Balaban J connectivity index is 2.01. The Bertz CT molecular complexity index is 640. The molecule has 0 saturated carbocycles. The molecule has 0 aliphatic rings. The Morgan fingerprint density at radius 1 is 1.12 bits per heavy atom. The molecule has 0 radical (unpaired) electrons. The molecule has 0 unspecified atom stereocenters. The zero-order chi connectivity index (χ0) is 17.2. The second-order valence-electron chi connectivity index (χ2n) is 5.59. The number of hydrogen-bond acceptors (Lipinski definition) is 3. The predicted octanol–water partition coefficient (Wildman–Crippen LogP) is 5.02. The Morgan fingerprint density at radius 2 is 1.88 bits per heavy atom. The van der Waals surface area contributed by atoms with Crippen LogP contribution in [0.25, 0.3) is 0 Å². The van der Waals surface area contributed by atoms with E-state index in [9.17, 15) is 4.79 Å². The third-order valence-electron chi connectivity index (χ3n) is 3.71. The molecule has 1 N–H and O–H groups in total. The fourth-order valence-electron chi connectivity index (χ4n) is 2.35. The van der Waals surface area contributed by atoms with Gasteiger partial charge in [0.1, 0.15) is 0 Å². The number of aryl methyl sites for hydroxylation is 1. The highest BCUT2D eigenvalue weighted by molar-refractivity contribution is 7.99. The molecule has 0 heterocycles. The first-order chi connectivity index (χ1) is 11.7. The molecule has 0 bridgehead atoms. The molecule has 2 rings (SSSR count). The van der Waals surface area contributed by atoms with Crippen molar-refractivity contribution >= 4 is 23.4 Å². The number of nitrogens with one attached hydrogen (secondary N) is 1. The van der Waals surface area contributed by atoms with Gasteiger partial charge >= 0.3 is 0 Å². The molecule has 1 amide bonds. The van der Waals surface area contributed by atoms with Crippen LogP contribution in [-0.2, 0) is 11.2 Å². The zero-order valence-electron chi connectivity index (χ0n) is 14.4. The molecule has 128 valence electrons. The third-order valence-corrected chi connectivity index (χ3v) is 4.75. The molecule has 2 aromatic carbocycles. The summed E-state index contributed by atoms with van der Waals surface area (Å²) in [7, 11) is 1.68. The average molecular weight is 343 g/mol. The topological polar surface area (TPSA) is 38.3 Å². The van der Waals surface area contributed by atoms with E-state index < -0.39 is 0 Å². The lowest BCUT2D eigenvalue weighted by molar-refractivity contribution is 0.102. The van der Waals surface area contributed by atoms with E-state index in [1.807, 2.05) is 36.4 Å². The molecule has 0 fully saturated rings. The average Bonchev–Trinajstić information content (AvgIpc) is 2.62. The van der Waals surface area contributed by atoms with Crippen molar-refractivity contribution in [2.45, 2.75) is 31.1 Å². The predicted molar refractivity (Wildman–Crippen MR) is 102 cm³/mol. The SMILES string of the molecule is CCCCc1ccc(NC(=O)c2ccccc2SCCOC)cc1. The van der Waals surface area contributed by atoms with E-state index in [1.54, 1.807) is 18.9 Å². The third kappa shape index (κ3) is 5.69. The highest BCUT2D eigenvalue weighted by Crippen LogP contribution is 2.23. The van der Waals surface area contributed by atoms with Crippen molar-refractivity contribution in [3.8, 4) is 0 Å². The number of carbonyl (C=O) groups excluding carboxylic acids is 1. The van der Waals surface area contributed by atoms with Gasteiger partial charge in [0.05, 0.1) is 12.2 Å². The van der Waals surface area contributed by atoms with Gasteiger partial charge < -0.3 is 10.1 Å². The van der Waals surface area contributed by atoms with Crippen LogP contribution in [0.1, 0.15) is 35.7 Å². The molecule has 2 aromatic rings. The van der Waals surface area contributed by atoms with Gasteiger partial charge in [0, 0.05) is 23.4 Å². The quantitative estimate of drug-likeness (QED) is 0.513. The van der Waals surface area contributed by atoms with Crippen LogP contribution >= 0.6 is 11.8 Å². The summed E-state index contributed by atoms with van der Waals surface area (Å²) in [4.78, 5) is 13.5. The number of rotatable bonds is 9.